The molecule has 0 aromatic heterocycles. The van der Waals surface area contributed by atoms with Crippen molar-refractivity contribution in [3.63, 3.8) is 0 Å². The van der Waals surface area contributed by atoms with E-state index in [9.17, 15) is 9.59 Å². The highest BCUT2D eigenvalue weighted by molar-refractivity contribution is 8.00. The molecule has 1 fully saturated rings. The van der Waals surface area contributed by atoms with E-state index in [1.54, 1.807) is 0 Å². The smallest absolute Gasteiger partial charge is 0.242 e. The summed E-state index contributed by atoms with van der Waals surface area (Å²) in [5.74, 6) is 0.135. The molecule has 2 amide bonds. The minimum atomic E-state index is -0.424. The second-order valence-electron chi connectivity index (χ2n) is 9.05. The highest BCUT2D eigenvalue weighted by Crippen LogP contribution is 2.37. The van der Waals surface area contributed by atoms with Gasteiger partial charge >= 0.3 is 0 Å². The highest BCUT2D eigenvalue weighted by Gasteiger charge is 2.24. The summed E-state index contributed by atoms with van der Waals surface area (Å²) in [4.78, 5) is 27.0. The van der Waals surface area contributed by atoms with Crippen LogP contribution in [0.2, 0.25) is 0 Å². The Hall–Kier alpha value is -3.05. The van der Waals surface area contributed by atoms with E-state index in [4.69, 9.17) is 0 Å². The topological polar surface area (TPSA) is 58.2 Å². The highest BCUT2D eigenvalue weighted by atomic mass is 32.2. The molecule has 1 unspecified atom stereocenters. The maximum absolute atomic E-state index is 13.4. The number of benzene rings is 3. The number of carbonyl (C=O) groups is 2. The van der Waals surface area contributed by atoms with Gasteiger partial charge in [-0.2, -0.15) is 0 Å². The number of thioether (sulfide) groups is 1. The number of nitrogens with one attached hydrogen (secondary N) is 2. The van der Waals surface area contributed by atoms with Crippen LogP contribution in [0.25, 0.3) is 0 Å². The number of aryl methyl sites for hydroxylation is 2. The number of anilines is 2. The lowest BCUT2D eigenvalue weighted by atomic mass is 9.88. The fourth-order valence-electron chi connectivity index (χ4n) is 4.32. The molecule has 0 aliphatic heterocycles. The third-order valence-corrected chi connectivity index (χ3v) is 7.69. The molecule has 34 heavy (non-hydrogen) atoms. The summed E-state index contributed by atoms with van der Waals surface area (Å²) in [6, 6.07) is 23.6. The molecule has 5 heteroatoms. The summed E-state index contributed by atoms with van der Waals surface area (Å²) < 4.78 is 0. The van der Waals surface area contributed by atoms with Crippen LogP contribution in [0.1, 0.15) is 54.0 Å². The van der Waals surface area contributed by atoms with Gasteiger partial charge < -0.3 is 10.6 Å². The first-order chi connectivity index (χ1) is 16.5. The zero-order chi connectivity index (χ0) is 23.9. The molecule has 0 spiro atoms. The van der Waals surface area contributed by atoms with Crippen molar-refractivity contribution in [3.8, 4) is 0 Å². The quantitative estimate of drug-likeness (QED) is 0.355. The summed E-state index contributed by atoms with van der Waals surface area (Å²) in [6.07, 6.45) is 5.41. The second-order valence-corrected chi connectivity index (χ2v) is 10.2. The van der Waals surface area contributed by atoms with Crippen molar-refractivity contribution >= 4 is 35.0 Å². The molecule has 0 bridgehead atoms. The van der Waals surface area contributed by atoms with Crippen LogP contribution in [0, 0.1) is 19.8 Å². The van der Waals surface area contributed by atoms with Gasteiger partial charge in [-0.15, -0.1) is 11.8 Å². The Bertz CT molecular complexity index is 1140. The van der Waals surface area contributed by atoms with E-state index in [2.05, 4.69) is 17.6 Å². The molecule has 4 nitrogen and oxygen atoms in total. The third kappa shape index (κ3) is 6.29. The minimum absolute atomic E-state index is 0.0731. The van der Waals surface area contributed by atoms with Crippen LogP contribution in [0.15, 0.2) is 77.7 Å². The van der Waals surface area contributed by atoms with Gasteiger partial charge in [-0.05, 0) is 73.7 Å². The maximum Gasteiger partial charge on any atom is 0.242 e. The predicted octanol–water partition coefficient (Wildman–Crippen LogP) is 7.29. The zero-order valence-electron chi connectivity index (χ0n) is 19.8. The van der Waals surface area contributed by atoms with Crippen molar-refractivity contribution in [1.29, 1.82) is 0 Å². The largest absolute Gasteiger partial charge is 0.326 e. The van der Waals surface area contributed by atoms with Crippen LogP contribution in [-0.2, 0) is 9.59 Å². The molecule has 3 aromatic carbocycles. The van der Waals surface area contributed by atoms with Crippen molar-refractivity contribution in [2.45, 2.75) is 56.1 Å². The number of hydrogen-bond donors (Lipinski definition) is 2. The van der Waals surface area contributed by atoms with E-state index in [1.807, 2.05) is 79.7 Å². The average Bonchev–Trinajstić information content (AvgIpc) is 2.86. The van der Waals surface area contributed by atoms with E-state index in [0.29, 0.717) is 0 Å². The summed E-state index contributed by atoms with van der Waals surface area (Å²) in [5.41, 5.74) is 4.85. The van der Waals surface area contributed by atoms with E-state index in [-0.39, 0.29) is 17.7 Å². The Morgan fingerprint density at radius 2 is 1.53 bits per heavy atom. The fraction of sp³-hybridized carbons (Fsp3) is 0.310. The van der Waals surface area contributed by atoms with Crippen LogP contribution in [-0.4, -0.2) is 11.8 Å². The molecule has 176 valence electrons. The van der Waals surface area contributed by atoms with Crippen LogP contribution in [0.5, 0.6) is 0 Å². The third-order valence-electron chi connectivity index (χ3n) is 6.45. The second kappa shape index (κ2) is 11.4. The van der Waals surface area contributed by atoms with Gasteiger partial charge in [0.1, 0.15) is 5.25 Å². The number of hydrogen-bond acceptors (Lipinski definition) is 3. The molecule has 1 saturated carbocycles. The van der Waals surface area contributed by atoms with Crippen molar-refractivity contribution in [2.24, 2.45) is 5.92 Å². The molecule has 4 rings (SSSR count). The first-order valence-corrected chi connectivity index (χ1v) is 12.9. The molecule has 0 saturated heterocycles. The van der Waals surface area contributed by atoms with Gasteiger partial charge in [0, 0.05) is 22.2 Å². The molecular formula is C29H32N2O2S. The predicted molar refractivity (Wildman–Crippen MR) is 141 cm³/mol. The fourth-order valence-corrected chi connectivity index (χ4v) is 5.40. The Kier molecular flexibility index (Phi) is 8.07. The number of amides is 2. The van der Waals surface area contributed by atoms with Gasteiger partial charge in [0.15, 0.2) is 0 Å². The van der Waals surface area contributed by atoms with Crippen LogP contribution < -0.4 is 10.6 Å². The van der Waals surface area contributed by atoms with E-state index in [0.717, 1.165) is 53.1 Å². The first-order valence-electron chi connectivity index (χ1n) is 12.0. The SMILES string of the molecule is Cc1ccc(NC(=O)C(Sc2cccc(NC(=O)C3CCCCC3)c2)c2ccccc2)cc1C. The lowest BCUT2D eigenvalue weighted by Crippen LogP contribution is -2.24. The number of carbonyl (C=O) groups excluding carboxylic acids is 2. The Balaban J connectivity index is 1.51. The van der Waals surface area contributed by atoms with Crippen LogP contribution in [0.4, 0.5) is 11.4 Å². The first kappa shape index (κ1) is 24.1. The van der Waals surface area contributed by atoms with Crippen molar-refractivity contribution in [2.75, 3.05) is 10.6 Å². The average molecular weight is 473 g/mol. The molecular weight excluding hydrogens is 440 g/mol. The summed E-state index contributed by atoms with van der Waals surface area (Å²) in [5, 5.41) is 5.76. The van der Waals surface area contributed by atoms with Gasteiger partial charge in [-0.25, -0.2) is 0 Å². The molecule has 1 aliphatic carbocycles. The maximum atomic E-state index is 13.4. The lowest BCUT2D eigenvalue weighted by molar-refractivity contribution is -0.120. The van der Waals surface area contributed by atoms with Crippen molar-refractivity contribution < 1.29 is 9.59 Å². The van der Waals surface area contributed by atoms with E-state index in [1.165, 1.54) is 23.7 Å². The Labute approximate surface area is 206 Å². The summed E-state index contributed by atoms with van der Waals surface area (Å²) >= 11 is 1.49. The van der Waals surface area contributed by atoms with Gasteiger partial charge in [0.25, 0.3) is 0 Å². The van der Waals surface area contributed by atoms with Crippen molar-refractivity contribution in [3.05, 3.63) is 89.5 Å². The van der Waals surface area contributed by atoms with E-state index >= 15 is 0 Å². The Morgan fingerprint density at radius 1 is 0.794 bits per heavy atom. The number of rotatable bonds is 7. The molecule has 3 aromatic rings. The van der Waals surface area contributed by atoms with Crippen molar-refractivity contribution in [1.82, 2.24) is 0 Å². The standard InChI is InChI=1S/C29H32N2O2S/c1-20-16-17-25(18-21(20)2)31-29(33)27(22-10-5-3-6-11-22)34-26-15-9-14-24(19-26)30-28(32)23-12-7-4-8-13-23/h3,5-6,9-11,14-19,23,27H,4,7-8,12-13H2,1-2H3,(H,30,32)(H,31,33). The van der Waals surface area contributed by atoms with Gasteiger partial charge in [-0.1, -0.05) is 61.7 Å². The summed E-state index contributed by atoms with van der Waals surface area (Å²) in [6.45, 7) is 4.10. The minimum Gasteiger partial charge on any atom is -0.326 e. The monoisotopic (exact) mass is 472 g/mol. The van der Waals surface area contributed by atoms with Crippen LogP contribution >= 0.6 is 11.8 Å². The van der Waals surface area contributed by atoms with E-state index < -0.39 is 5.25 Å². The molecule has 2 N–H and O–H groups in total. The van der Waals surface area contributed by atoms with Crippen LogP contribution in [0.3, 0.4) is 0 Å². The Morgan fingerprint density at radius 3 is 2.26 bits per heavy atom. The molecule has 1 aliphatic rings. The lowest BCUT2D eigenvalue weighted by Gasteiger charge is -2.21. The normalized spacial score (nSPS) is 14.9. The summed E-state index contributed by atoms with van der Waals surface area (Å²) in [7, 11) is 0. The zero-order valence-corrected chi connectivity index (χ0v) is 20.7. The molecule has 1 atom stereocenters. The van der Waals surface area contributed by atoms with Gasteiger partial charge in [-0.3, -0.25) is 9.59 Å². The molecule has 0 heterocycles. The van der Waals surface area contributed by atoms with Gasteiger partial charge in [0.2, 0.25) is 11.8 Å². The molecule has 0 radical (unpaired) electrons. The van der Waals surface area contributed by atoms with Gasteiger partial charge in [0.05, 0.1) is 0 Å².